The number of fused-ring (bicyclic) bond motifs is 3. The van der Waals surface area contributed by atoms with Crippen LogP contribution in [0.25, 0.3) is 22.0 Å². The average molecular weight is 459 g/mol. The summed E-state index contributed by atoms with van der Waals surface area (Å²) >= 11 is 0. The summed E-state index contributed by atoms with van der Waals surface area (Å²) in [6.07, 6.45) is 5.80. The van der Waals surface area contributed by atoms with Crippen molar-refractivity contribution in [1.82, 2.24) is 9.88 Å². The third-order valence-electron chi connectivity index (χ3n) is 7.09. The molecule has 4 N–H and O–H groups in total. The molecule has 0 spiro atoms. The number of amides is 2. The number of carbonyl (C=O) groups is 3. The summed E-state index contributed by atoms with van der Waals surface area (Å²) < 4.78 is 1.87. The van der Waals surface area contributed by atoms with Gasteiger partial charge in [-0.25, -0.2) is 0 Å². The summed E-state index contributed by atoms with van der Waals surface area (Å²) in [6, 6.07) is 14.1. The predicted octanol–water partition coefficient (Wildman–Crippen LogP) is 4.24. The van der Waals surface area contributed by atoms with Crippen LogP contribution in [0.5, 0.6) is 0 Å². The van der Waals surface area contributed by atoms with E-state index >= 15 is 0 Å². The molecule has 1 aliphatic heterocycles. The van der Waals surface area contributed by atoms with Gasteiger partial charge in [-0.1, -0.05) is 24.3 Å². The largest absolute Gasteiger partial charge is 0.382 e. The van der Waals surface area contributed by atoms with Crippen LogP contribution in [0.1, 0.15) is 66.3 Å². The summed E-state index contributed by atoms with van der Waals surface area (Å²) in [5.74, 6) is -0.339. The average Bonchev–Trinajstić information content (AvgIpc) is 3.15. The highest BCUT2D eigenvalue weighted by molar-refractivity contribution is 6.06. The molecule has 2 aromatic carbocycles. The zero-order valence-electron chi connectivity index (χ0n) is 19.4. The molecule has 7 nitrogen and oxygen atoms in total. The molecule has 0 saturated heterocycles. The Morgan fingerprint density at radius 3 is 2.47 bits per heavy atom. The van der Waals surface area contributed by atoms with E-state index in [9.17, 15) is 14.4 Å². The van der Waals surface area contributed by atoms with Crippen LogP contribution in [0.2, 0.25) is 0 Å². The molecular weight excluding hydrogens is 428 g/mol. The Kier molecular flexibility index (Phi) is 5.86. The van der Waals surface area contributed by atoms with Crippen LogP contribution in [0.4, 0.5) is 5.69 Å². The molecule has 2 amide bonds. The topological polar surface area (TPSA) is 106 Å². The zero-order chi connectivity index (χ0) is 23.8. The Morgan fingerprint density at radius 2 is 1.74 bits per heavy atom. The molecule has 0 unspecified atom stereocenters. The standard InChI is InChI=1S/C27H30N4O3/c1-16(32)29-18-10-12-19(13-11-18)30-22-15-17(9-14-20(22)27(28)34)26-21-5-2-3-6-23(21)31-24(26)7-4-8-25(31)33/h2-3,5-6,9,14-15,18-19,30H,4,7-8,10-13H2,1H3,(H2,28,34)(H,29,32). The van der Waals surface area contributed by atoms with E-state index in [2.05, 4.69) is 16.7 Å². The smallest absolute Gasteiger partial charge is 0.250 e. The quantitative estimate of drug-likeness (QED) is 0.532. The molecule has 0 radical (unpaired) electrons. The zero-order valence-corrected chi connectivity index (χ0v) is 19.4. The fraction of sp³-hybridized carbons (Fsp3) is 0.370. The second kappa shape index (κ2) is 8.97. The van der Waals surface area contributed by atoms with Gasteiger partial charge >= 0.3 is 0 Å². The highest BCUT2D eigenvalue weighted by Gasteiger charge is 2.27. The van der Waals surface area contributed by atoms with Crippen LogP contribution in [-0.2, 0) is 11.2 Å². The van der Waals surface area contributed by atoms with E-state index in [0.717, 1.165) is 71.9 Å². The third kappa shape index (κ3) is 4.06. The van der Waals surface area contributed by atoms with Gasteiger partial charge in [0.05, 0.1) is 11.1 Å². The van der Waals surface area contributed by atoms with E-state index in [1.807, 2.05) is 34.9 Å². The van der Waals surface area contributed by atoms with Crippen LogP contribution < -0.4 is 16.4 Å². The van der Waals surface area contributed by atoms with Gasteiger partial charge in [-0.05, 0) is 62.3 Å². The lowest BCUT2D eigenvalue weighted by atomic mass is 9.90. The van der Waals surface area contributed by atoms with Gasteiger partial charge in [0.15, 0.2) is 0 Å². The first-order valence-corrected chi connectivity index (χ1v) is 12.1. The van der Waals surface area contributed by atoms with E-state index in [1.54, 1.807) is 13.0 Å². The maximum Gasteiger partial charge on any atom is 0.250 e. The number of para-hydroxylation sites is 1. The number of hydrogen-bond acceptors (Lipinski definition) is 4. The van der Waals surface area contributed by atoms with E-state index in [4.69, 9.17) is 5.73 Å². The Balaban J connectivity index is 1.51. The van der Waals surface area contributed by atoms with Gasteiger partial charge in [-0.2, -0.15) is 0 Å². The molecule has 2 heterocycles. The summed E-state index contributed by atoms with van der Waals surface area (Å²) in [6.45, 7) is 1.55. The molecule has 1 aromatic heterocycles. The van der Waals surface area contributed by atoms with E-state index < -0.39 is 5.91 Å². The van der Waals surface area contributed by atoms with Gasteiger partial charge < -0.3 is 16.4 Å². The molecule has 1 saturated carbocycles. The van der Waals surface area contributed by atoms with Crippen LogP contribution in [0.3, 0.4) is 0 Å². The fourth-order valence-electron chi connectivity index (χ4n) is 5.58. The molecule has 0 bridgehead atoms. The second-order valence-electron chi connectivity index (χ2n) is 9.44. The molecule has 1 fully saturated rings. The SMILES string of the molecule is CC(=O)NC1CCC(Nc2cc(-c3c4n(c5ccccc35)C(=O)CCC4)ccc2C(N)=O)CC1. The number of nitrogens with one attached hydrogen (secondary N) is 2. The van der Waals surface area contributed by atoms with E-state index in [-0.39, 0.29) is 23.9 Å². The highest BCUT2D eigenvalue weighted by atomic mass is 16.2. The molecule has 5 rings (SSSR count). The normalized spacial score (nSPS) is 20.1. The second-order valence-corrected chi connectivity index (χ2v) is 9.44. The van der Waals surface area contributed by atoms with Gasteiger partial charge in [0, 0.05) is 47.8 Å². The van der Waals surface area contributed by atoms with Crippen molar-refractivity contribution in [3.05, 3.63) is 53.7 Å². The number of carbonyl (C=O) groups excluding carboxylic acids is 3. The molecule has 34 heavy (non-hydrogen) atoms. The fourth-order valence-corrected chi connectivity index (χ4v) is 5.58. The molecular formula is C27H30N4O3. The number of anilines is 1. The monoisotopic (exact) mass is 458 g/mol. The highest BCUT2D eigenvalue weighted by Crippen LogP contribution is 2.39. The number of hydrogen-bond donors (Lipinski definition) is 3. The first-order chi connectivity index (χ1) is 16.4. The summed E-state index contributed by atoms with van der Waals surface area (Å²) in [4.78, 5) is 36.4. The van der Waals surface area contributed by atoms with Gasteiger partial charge in [0.25, 0.3) is 5.91 Å². The number of rotatable bonds is 5. The van der Waals surface area contributed by atoms with Gasteiger partial charge in [0.1, 0.15) is 0 Å². The first-order valence-electron chi connectivity index (χ1n) is 12.1. The lowest BCUT2D eigenvalue weighted by Crippen LogP contribution is -2.39. The Bertz CT molecular complexity index is 1280. The van der Waals surface area contributed by atoms with Gasteiger partial charge in [-0.15, -0.1) is 0 Å². The molecule has 0 atom stereocenters. The summed E-state index contributed by atoms with van der Waals surface area (Å²) in [7, 11) is 0. The molecule has 7 heteroatoms. The van der Waals surface area contributed by atoms with E-state index in [1.165, 1.54) is 0 Å². The maximum absolute atomic E-state index is 12.8. The van der Waals surface area contributed by atoms with Crippen molar-refractivity contribution < 1.29 is 14.4 Å². The molecule has 176 valence electrons. The maximum atomic E-state index is 12.8. The number of primary amides is 1. The molecule has 2 aliphatic rings. The van der Waals surface area contributed by atoms with Crippen molar-refractivity contribution in [2.24, 2.45) is 5.73 Å². The van der Waals surface area contributed by atoms with Crippen molar-refractivity contribution in [3.8, 4) is 11.1 Å². The number of aromatic nitrogens is 1. The lowest BCUT2D eigenvalue weighted by Gasteiger charge is -2.30. The van der Waals surface area contributed by atoms with Crippen molar-refractivity contribution in [1.29, 1.82) is 0 Å². The number of benzene rings is 2. The minimum absolute atomic E-state index is 0.00160. The van der Waals surface area contributed by atoms with Crippen LogP contribution in [0, 0.1) is 0 Å². The minimum Gasteiger partial charge on any atom is -0.382 e. The van der Waals surface area contributed by atoms with Gasteiger partial charge in [-0.3, -0.25) is 19.0 Å². The Hall–Kier alpha value is -3.61. The van der Waals surface area contributed by atoms with Gasteiger partial charge in [0.2, 0.25) is 11.8 Å². The van der Waals surface area contributed by atoms with Crippen molar-refractivity contribution in [3.63, 3.8) is 0 Å². The first kappa shape index (κ1) is 22.2. The van der Waals surface area contributed by atoms with Crippen LogP contribution >= 0.6 is 0 Å². The number of nitrogens with zero attached hydrogens (tertiary/aromatic N) is 1. The minimum atomic E-state index is -0.472. The number of nitrogens with two attached hydrogens (primary N) is 1. The van der Waals surface area contributed by atoms with Crippen LogP contribution in [0.15, 0.2) is 42.5 Å². The van der Waals surface area contributed by atoms with Crippen molar-refractivity contribution >= 4 is 34.3 Å². The van der Waals surface area contributed by atoms with Crippen molar-refractivity contribution in [2.45, 2.75) is 64.0 Å². The summed E-state index contributed by atoms with van der Waals surface area (Å²) in [5, 5.41) is 7.60. The summed E-state index contributed by atoms with van der Waals surface area (Å²) in [5.41, 5.74) is 10.9. The Morgan fingerprint density at radius 1 is 1.00 bits per heavy atom. The third-order valence-corrected chi connectivity index (χ3v) is 7.09. The predicted molar refractivity (Wildman–Crippen MR) is 133 cm³/mol. The molecule has 3 aromatic rings. The molecule has 1 aliphatic carbocycles. The Labute approximate surface area is 198 Å². The lowest BCUT2D eigenvalue weighted by molar-refractivity contribution is -0.119. The van der Waals surface area contributed by atoms with Crippen LogP contribution in [-0.4, -0.2) is 34.4 Å². The van der Waals surface area contributed by atoms with E-state index in [0.29, 0.717) is 12.0 Å². The van der Waals surface area contributed by atoms with Crippen molar-refractivity contribution in [2.75, 3.05) is 5.32 Å².